The molecule has 0 bridgehead atoms. The van der Waals surface area contributed by atoms with Crippen LogP contribution in [0.3, 0.4) is 0 Å². The zero-order valence-electron chi connectivity index (χ0n) is 11.6. The molecule has 0 amide bonds. The van der Waals surface area contributed by atoms with Crippen molar-refractivity contribution in [3.05, 3.63) is 11.3 Å². The molecule has 0 aromatic rings. The predicted molar refractivity (Wildman–Crippen MR) is 73.8 cm³/mol. The van der Waals surface area contributed by atoms with Gasteiger partial charge < -0.3 is 5.73 Å². The largest absolute Gasteiger partial charge is 0.402 e. The van der Waals surface area contributed by atoms with E-state index >= 15 is 0 Å². The van der Waals surface area contributed by atoms with Crippen molar-refractivity contribution in [2.24, 2.45) is 16.6 Å². The van der Waals surface area contributed by atoms with Crippen LogP contribution in [-0.2, 0) is 0 Å². The van der Waals surface area contributed by atoms with E-state index in [2.05, 4.69) is 34.6 Å². The van der Waals surface area contributed by atoms with E-state index in [0.29, 0.717) is 5.92 Å². The summed E-state index contributed by atoms with van der Waals surface area (Å²) >= 11 is 0. The Morgan fingerprint density at radius 2 is 1.75 bits per heavy atom. The molecule has 94 valence electrons. The molecule has 0 saturated carbocycles. The Morgan fingerprint density at radius 1 is 1.12 bits per heavy atom. The summed E-state index contributed by atoms with van der Waals surface area (Å²) in [6.45, 7) is 11.8. The summed E-state index contributed by atoms with van der Waals surface area (Å²) in [7, 11) is 0. The zero-order valence-corrected chi connectivity index (χ0v) is 11.6. The molecular weight excluding hydrogens is 196 g/mol. The molecule has 0 aliphatic heterocycles. The lowest BCUT2D eigenvalue weighted by Crippen LogP contribution is -2.17. The Hall–Kier alpha value is -0.790. The quantitative estimate of drug-likeness (QED) is 0.654. The molecule has 0 spiro atoms. The standard InChI is InChI=1S/C14H28N2/c1-6-9-12(13(15)8-3)14(11(4)5)16-10-7-2/h11H,6-10,15H2,1-5H3/b13-12-,16-14-. The monoisotopic (exact) mass is 224 g/mol. The van der Waals surface area contributed by atoms with Crippen LogP contribution in [0.5, 0.6) is 0 Å². The van der Waals surface area contributed by atoms with Crippen molar-refractivity contribution in [3.63, 3.8) is 0 Å². The summed E-state index contributed by atoms with van der Waals surface area (Å²) in [5, 5.41) is 0. The first-order valence-electron chi connectivity index (χ1n) is 6.60. The molecule has 2 nitrogen and oxygen atoms in total. The number of hydrogen-bond acceptors (Lipinski definition) is 2. The van der Waals surface area contributed by atoms with Crippen LogP contribution in [0.25, 0.3) is 0 Å². The highest BCUT2D eigenvalue weighted by molar-refractivity contribution is 6.02. The fraction of sp³-hybridized carbons (Fsp3) is 0.786. The number of allylic oxidation sites excluding steroid dienone is 2. The van der Waals surface area contributed by atoms with Gasteiger partial charge in [0.25, 0.3) is 0 Å². The third-order valence-corrected chi connectivity index (χ3v) is 2.63. The third kappa shape index (κ3) is 4.82. The van der Waals surface area contributed by atoms with E-state index in [4.69, 9.17) is 10.7 Å². The highest BCUT2D eigenvalue weighted by Gasteiger charge is 2.13. The molecule has 0 aromatic carbocycles. The van der Waals surface area contributed by atoms with Gasteiger partial charge in [-0.05, 0) is 30.8 Å². The molecule has 16 heavy (non-hydrogen) atoms. The van der Waals surface area contributed by atoms with Gasteiger partial charge in [-0.25, -0.2) is 0 Å². The second kappa shape index (κ2) is 8.37. The van der Waals surface area contributed by atoms with Crippen LogP contribution >= 0.6 is 0 Å². The second-order valence-corrected chi connectivity index (χ2v) is 4.53. The van der Waals surface area contributed by atoms with Gasteiger partial charge in [-0.15, -0.1) is 0 Å². The minimum absolute atomic E-state index is 0.471. The molecule has 0 radical (unpaired) electrons. The van der Waals surface area contributed by atoms with Gasteiger partial charge in [-0.2, -0.15) is 0 Å². The van der Waals surface area contributed by atoms with Crippen molar-refractivity contribution < 1.29 is 0 Å². The molecule has 0 rings (SSSR count). The molecule has 0 atom stereocenters. The molecule has 0 aliphatic carbocycles. The highest BCUT2D eigenvalue weighted by atomic mass is 14.7. The minimum Gasteiger partial charge on any atom is -0.402 e. The van der Waals surface area contributed by atoms with E-state index in [-0.39, 0.29) is 0 Å². The average molecular weight is 224 g/mol. The number of nitrogens with zero attached hydrogens (tertiary/aromatic N) is 1. The van der Waals surface area contributed by atoms with Crippen LogP contribution < -0.4 is 5.73 Å². The van der Waals surface area contributed by atoms with Crippen molar-refractivity contribution in [1.82, 2.24) is 0 Å². The number of nitrogens with two attached hydrogens (primary N) is 1. The molecule has 0 saturated heterocycles. The SMILES string of the molecule is CCC/N=C(\C(CCC)=C(/N)CC)C(C)C. The Labute approximate surface area is 101 Å². The fourth-order valence-electron chi connectivity index (χ4n) is 1.78. The summed E-state index contributed by atoms with van der Waals surface area (Å²) in [4.78, 5) is 4.71. The van der Waals surface area contributed by atoms with E-state index in [1.165, 1.54) is 11.3 Å². The first kappa shape index (κ1) is 15.2. The normalized spacial score (nSPS) is 14.2. The lowest BCUT2D eigenvalue weighted by Gasteiger charge is -2.17. The molecular formula is C14H28N2. The molecule has 0 aromatic heterocycles. The van der Waals surface area contributed by atoms with Crippen LogP contribution in [0.2, 0.25) is 0 Å². The van der Waals surface area contributed by atoms with E-state index < -0.39 is 0 Å². The number of hydrogen-bond donors (Lipinski definition) is 1. The zero-order chi connectivity index (χ0) is 12.6. The number of aliphatic imine (C=N–C) groups is 1. The maximum atomic E-state index is 6.11. The van der Waals surface area contributed by atoms with Gasteiger partial charge >= 0.3 is 0 Å². The van der Waals surface area contributed by atoms with Crippen LogP contribution in [0.4, 0.5) is 0 Å². The van der Waals surface area contributed by atoms with Gasteiger partial charge in [0, 0.05) is 18.0 Å². The molecule has 2 N–H and O–H groups in total. The number of rotatable bonds is 7. The van der Waals surface area contributed by atoms with Gasteiger partial charge in [-0.3, -0.25) is 4.99 Å². The van der Waals surface area contributed by atoms with Crippen molar-refractivity contribution in [3.8, 4) is 0 Å². The smallest absolute Gasteiger partial charge is 0.0422 e. The maximum Gasteiger partial charge on any atom is 0.0422 e. The summed E-state index contributed by atoms with van der Waals surface area (Å²) in [6.07, 6.45) is 4.21. The van der Waals surface area contributed by atoms with Crippen LogP contribution in [0, 0.1) is 5.92 Å². The van der Waals surface area contributed by atoms with Crippen molar-refractivity contribution in [2.45, 2.75) is 60.3 Å². The van der Waals surface area contributed by atoms with Crippen LogP contribution in [0.15, 0.2) is 16.3 Å². The first-order valence-corrected chi connectivity index (χ1v) is 6.60. The summed E-state index contributed by atoms with van der Waals surface area (Å²) in [6, 6.07) is 0. The Morgan fingerprint density at radius 3 is 2.12 bits per heavy atom. The third-order valence-electron chi connectivity index (χ3n) is 2.63. The first-order chi connectivity index (χ1) is 7.58. The molecule has 0 heterocycles. The van der Waals surface area contributed by atoms with Gasteiger partial charge in [0.1, 0.15) is 0 Å². The summed E-state index contributed by atoms with van der Waals surface area (Å²) < 4.78 is 0. The lowest BCUT2D eigenvalue weighted by atomic mass is 9.94. The summed E-state index contributed by atoms with van der Waals surface area (Å²) in [5.74, 6) is 0.471. The molecule has 2 heteroatoms. The molecule has 0 aliphatic rings. The second-order valence-electron chi connectivity index (χ2n) is 4.53. The maximum absolute atomic E-state index is 6.11. The average Bonchev–Trinajstić information content (AvgIpc) is 2.26. The molecule has 0 fully saturated rings. The van der Waals surface area contributed by atoms with Crippen molar-refractivity contribution in [2.75, 3.05) is 6.54 Å². The minimum atomic E-state index is 0.471. The van der Waals surface area contributed by atoms with E-state index in [9.17, 15) is 0 Å². The Balaban J connectivity index is 5.11. The van der Waals surface area contributed by atoms with Gasteiger partial charge in [0.2, 0.25) is 0 Å². The summed E-state index contributed by atoms with van der Waals surface area (Å²) in [5.41, 5.74) is 9.66. The fourth-order valence-corrected chi connectivity index (χ4v) is 1.78. The van der Waals surface area contributed by atoms with Gasteiger partial charge in [-0.1, -0.05) is 41.0 Å². The highest BCUT2D eigenvalue weighted by Crippen LogP contribution is 2.18. The van der Waals surface area contributed by atoms with Gasteiger partial charge in [0.05, 0.1) is 0 Å². The predicted octanol–water partition coefficient (Wildman–Crippen LogP) is 3.92. The van der Waals surface area contributed by atoms with E-state index in [1.807, 2.05) is 0 Å². The van der Waals surface area contributed by atoms with Crippen LogP contribution in [-0.4, -0.2) is 12.3 Å². The topological polar surface area (TPSA) is 38.4 Å². The van der Waals surface area contributed by atoms with Gasteiger partial charge in [0.15, 0.2) is 0 Å². The molecule has 0 unspecified atom stereocenters. The van der Waals surface area contributed by atoms with Crippen LogP contribution in [0.1, 0.15) is 60.3 Å². The Bertz CT molecular complexity index is 249. The Kier molecular flexibility index (Phi) is 7.96. The van der Waals surface area contributed by atoms with Crippen molar-refractivity contribution >= 4 is 5.71 Å². The lowest BCUT2D eigenvalue weighted by molar-refractivity contribution is 0.818. The van der Waals surface area contributed by atoms with Crippen molar-refractivity contribution in [1.29, 1.82) is 0 Å². The van der Waals surface area contributed by atoms with E-state index in [1.54, 1.807) is 0 Å². The van der Waals surface area contributed by atoms with E-state index in [0.717, 1.165) is 37.9 Å².